The van der Waals surface area contributed by atoms with Gasteiger partial charge in [-0.05, 0) is 50.8 Å². The molecule has 0 unspecified atom stereocenters. The van der Waals surface area contributed by atoms with Crippen LogP contribution < -0.4 is 0 Å². The van der Waals surface area contributed by atoms with Gasteiger partial charge in [0.1, 0.15) is 0 Å². The highest BCUT2D eigenvalue weighted by Gasteiger charge is 2.41. The normalized spacial score (nSPS) is 18.1. The lowest BCUT2D eigenvalue weighted by Crippen LogP contribution is -2.23. The maximum absolute atomic E-state index is 2.33. The van der Waals surface area contributed by atoms with Crippen molar-refractivity contribution in [3.8, 4) is 0 Å². The van der Waals surface area contributed by atoms with E-state index in [0.717, 1.165) is 0 Å². The lowest BCUT2D eigenvalue weighted by atomic mass is 9.96. The average molecular weight is 203 g/mol. The van der Waals surface area contributed by atoms with Crippen molar-refractivity contribution in [2.24, 2.45) is 5.41 Å². The third kappa shape index (κ3) is 3.07. The summed E-state index contributed by atoms with van der Waals surface area (Å²) in [6.07, 6.45) is 5.46. The van der Waals surface area contributed by atoms with Crippen LogP contribution in [0.2, 0.25) is 0 Å². The Morgan fingerprint density at radius 3 is 2.33 bits per heavy atom. The molecule has 0 heterocycles. The molecule has 82 valence electrons. The van der Waals surface area contributed by atoms with E-state index in [2.05, 4.69) is 49.3 Å². The van der Waals surface area contributed by atoms with Crippen LogP contribution in [0, 0.1) is 5.41 Å². The standard InChI is InChI=1S/C14H21N/c1-15(2)12-14(10-11-14)9-8-13-6-4-3-5-7-13/h3-7H,8-12H2,1-2H3. The molecule has 0 aromatic heterocycles. The van der Waals surface area contributed by atoms with Crippen LogP contribution in [-0.2, 0) is 6.42 Å². The lowest BCUT2D eigenvalue weighted by molar-refractivity contribution is 0.295. The summed E-state index contributed by atoms with van der Waals surface area (Å²) < 4.78 is 0. The van der Waals surface area contributed by atoms with Crippen LogP contribution in [0.25, 0.3) is 0 Å². The highest BCUT2D eigenvalue weighted by Crippen LogP contribution is 2.49. The predicted octanol–water partition coefficient (Wildman–Crippen LogP) is 2.96. The number of hydrogen-bond donors (Lipinski definition) is 0. The lowest BCUT2D eigenvalue weighted by Gasteiger charge is -2.19. The first-order valence-corrected chi connectivity index (χ1v) is 5.89. The van der Waals surface area contributed by atoms with Gasteiger partial charge in [-0.25, -0.2) is 0 Å². The van der Waals surface area contributed by atoms with Crippen LogP contribution in [0.5, 0.6) is 0 Å². The summed E-state index contributed by atoms with van der Waals surface area (Å²) in [6, 6.07) is 10.9. The van der Waals surface area contributed by atoms with Crippen LogP contribution >= 0.6 is 0 Å². The van der Waals surface area contributed by atoms with E-state index in [-0.39, 0.29) is 0 Å². The monoisotopic (exact) mass is 203 g/mol. The zero-order valence-corrected chi connectivity index (χ0v) is 9.87. The molecule has 0 saturated heterocycles. The second-order valence-corrected chi connectivity index (χ2v) is 5.22. The molecule has 0 spiro atoms. The van der Waals surface area contributed by atoms with E-state index in [1.807, 2.05) is 0 Å². The second kappa shape index (κ2) is 4.36. The second-order valence-electron chi connectivity index (χ2n) is 5.22. The van der Waals surface area contributed by atoms with E-state index in [1.165, 1.54) is 37.8 Å². The molecular weight excluding hydrogens is 182 g/mol. The topological polar surface area (TPSA) is 3.24 Å². The molecule has 1 nitrogen and oxygen atoms in total. The fourth-order valence-electron chi connectivity index (χ4n) is 2.39. The maximum Gasteiger partial charge on any atom is 0.00320 e. The fraction of sp³-hybridized carbons (Fsp3) is 0.571. The van der Waals surface area contributed by atoms with Crippen molar-refractivity contribution in [2.75, 3.05) is 20.6 Å². The minimum atomic E-state index is 0.652. The maximum atomic E-state index is 2.33. The van der Waals surface area contributed by atoms with Crippen LogP contribution in [-0.4, -0.2) is 25.5 Å². The van der Waals surface area contributed by atoms with Gasteiger partial charge in [-0.15, -0.1) is 0 Å². The summed E-state index contributed by atoms with van der Waals surface area (Å²) in [4.78, 5) is 2.33. The van der Waals surface area contributed by atoms with Gasteiger partial charge in [0.15, 0.2) is 0 Å². The van der Waals surface area contributed by atoms with Gasteiger partial charge in [-0.2, -0.15) is 0 Å². The minimum Gasteiger partial charge on any atom is -0.309 e. The molecular formula is C14H21N. The molecule has 0 aliphatic heterocycles. The fourth-order valence-corrected chi connectivity index (χ4v) is 2.39. The summed E-state index contributed by atoms with van der Waals surface area (Å²) in [6.45, 7) is 1.26. The van der Waals surface area contributed by atoms with Gasteiger partial charge >= 0.3 is 0 Å². The Hall–Kier alpha value is -0.820. The predicted molar refractivity (Wildman–Crippen MR) is 65.0 cm³/mol. The summed E-state index contributed by atoms with van der Waals surface area (Å²) in [5.74, 6) is 0. The van der Waals surface area contributed by atoms with Gasteiger partial charge in [0.25, 0.3) is 0 Å². The highest BCUT2D eigenvalue weighted by molar-refractivity contribution is 5.15. The van der Waals surface area contributed by atoms with Crippen LogP contribution in [0.15, 0.2) is 30.3 Å². The van der Waals surface area contributed by atoms with E-state index in [9.17, 15) is 0 Å². The first-order chi connectivity index (χ1) is 7.20. The van der Waals surface area contributed by atoms with Crippen LogP contribution in [0.1, 0.15) is 24.8 Å². The molecule has 1 saturated carbocycles. The van der Waals surface area contributed by atoms with Crippen LogP contribution in [0.4, 0.5) is 0 Å². The highest BCUT2D eigenvalue weighted by atomic mass is 15.1. The van der Waals surface area contributed by atoms with Gasteiger partial charge in [-0.1, -0.05) is 30.3 Å². The molecule has 1 aromatic carbocycles. The summed E-state index contributed by atoms with van der Waals surface area (Å²) >= 11 is 0. The van der Waals surface area contributed by atoms with Crippen molar-refractivity contribution in [3.63, 3.8) is 0 Å². The van der Waals surface area contributed by atoms with E-state index in [1.54, 1.807) is 0 Å². The molecule has 1 heteroatoms. The Labute approximate surface area is 93.1 Å². The Kier molecular flexibility index (Phi) is 3.11. The van der Waals surface area contributed by atoms with E-state index < -0.39 is 0 Å². The SMILES string of the molecule is CN(C)CC1(CCc2ccccc2)CC1. The molecule has 0 N–H and O–H groups in total. The number of benzene rings is 1. The Morgan fingerprint density at radius 1 is 1.13 bits per heavy atom. The molecule has 1 fully saturated rings. The Morgan fingerprint density at radius 2 is 1.80 bits per heavy atom. The van der Waals surface area contributed by atoms with Gasteiger partial charge < -0.3 is 4.90 Å². The smallest absolute Gasteiger partial charge is 0.00320 e. The first-order valence-electron chi connectivity index (χ1n) is 5.89. The number of aryl methyl sites for hydroxylation is 1. The average Bonchev–Trinajstić information content (AvgIpc) is 2.96. The molecule has 1 aliphatic carbocycles. The Bertz CT molecular complexity index is 298. The summed E-state index contributed by atoms with van der Waals surface area (Å²) in [5, 5.41) is 0. The number of rotatable bonds is 5. The zero-order chi connectivity index (χ0) is 10.7. The van der Waals surface area contributed by atoms with E-state index in [4.69, 9.17) is 0 Å². The van der Waals surface area contributed by atoms with Gasteiger partial charge in [0, 0.05) is 6.54 Å². The summed E-state index contributed by atoms with van der Waals surface area (Å²) in [5.41, 5.74) is 2.14. The van der Waals surface area contributed by atoms with Crippen molar-refractivity contribution in [2.45, 2.75) is 25.7 Å². The molecule has 0 amide bonds. The largest absolute Gasteiger partial charge is 0.309 e. The third-order valence-corrected chi connectivity index (χ3v) is 3.40. The van der Waals surface area contributed by atoms with Gasteiger partial charge in [-0.3, -0.25) is 0 Å². The molecule has 0 bridgehead atoms. The van der Waals surface area contributed by atoms with Crippen molar-refractivity contribution in [1.29, 1.82) is 0 Å². The Balaban J connectivity index is 1.83. The van der Waals surface area contributed by atoms with E-state index >= 15 is 0 Å². The minimum absolute atomic E-state index is 0.652. The molecule has 1 aliphatic rings. The van der Waals surface area contributed by atoms with Crippen molar-refractivity contribution in [3.05, 3.63) is 35.9 Å². The summed E-state index contributed by atoms with van der Waals surface area (Å²) in [7, 11) is 4.37. The van der Waals surface area contributed by atoms with Crippen molar-refractivity contribution in [1.82, 2.24) is 4.90 Å². The zero-order valence-electron chi connectivity index (χ0n) is 9.87. The number of hydrogen-bond acceptors (Lipinski definition) is 1. The van der Waals surface area contributed by atoms with Gasteiger partial charge in [0.2, 0.25) is 0 Å². The third-order valence-electron chi connectivity index (χ3n) is 3.40. The van der Waals surface area contributed by atoms with Crippen molar-refractivity contribution < 1.29 is 0 Å². The quantitative estimate of drug-likeness (QED) is 0.711. The molecule has 2 rings (SSSR count). The number of nitrogens with zero attached hydrogens (tertiary/aromatic N) is 1. The van der Waals surface area contributed by atoms with Gasteiger partial charge in [0.05, 0.1) is 0 Å². The van der Waals surface area contributed by atoms with Crippen LogP contribution in [0.3, 0.4) is 0 Å². The molecule has 15 heavy (non-hydrogen) atoms. The first kappa shape index (κ1) is 10.7. The molecule has 0 radical (unpaired) electrons. The van der Waals surface area contributed by atoms with Crippen molar-refractivity contribution >= 4 is 0 Å². The van der Waals surface area contributed by atoms with E-state index in [0.29, 0.717) is 5.41 Å². The molecule has 1 aromatic rings. The molecule has 0 atom stereocenters.